The topological polar surface area (TPSA) is 29.5 Å². The van der Waals surface area contributed by atoms with Crippen molar-refractivity contribution in [2.75, 3.05) is 0 Å². The van der Waals surface area contributed by atoms with Gasteiger partial charge in [-0.2, -0.15) is 0 Å². The molecule has 0 saturated heterocycles. The standard InChI is InChI=1S/C16H14O2/c1-2-13-8-9-16(15(10-13)11-17)18-12-14-6-4-3-5-7-14/h1,3-10,17H,11-12H2. The third kappa shape index (κ3) is 2.91. The molecule has 0 unspecified atom stereocenters. The first kappa shape index (κ1) is 12.2. The van der Waals surface area contributed by atoms with E-state index in [0.717, 1.165) is 11.1 Å². The Morgan fingerprint density at radius 2 is 1.89 bits per heavy atom. The van der Waals surface area contributed by atoms with E-state index in [1.54, 1.807) is 18.2 Å². The maximum Gasteiger partial charge on any atom is 0.125 e. The average Bonchev–Trinajstić information content (AvgIpc) is 2.46. The number of ether oxygens (including phenoxy) is 1. The van der Waals surface area contributed by atoms with E-state index in [1.165, 1.54) is 0 Å². The summed E-state index contributed by atoms with van der Waals surface area (Å²) in [6, 6.07) is 15.2. The molecule has 0 saturated carbocycles. The van der Waals surface area contributed by atoms with E-state index in [4.69, 9.17) is 11.2 Å². The van der Waals surface area contributed by atoms with Gasteiger partial charge in [-0.1, -0.05) is 36.3 Å². The predicted octanol–water partition coefficient (Wildman–Crippen LogP) is 2.74. The fourth-order valence-corrected chi connectivity index (χ4v) is 1.67. The van der Waals surface area contributed by atoms with Gasteiger partial charge in [-0.15, -0.1) is 6.42 Å². The molecule has 18 heavy (non-hydrogen) atoms. The minimum absolute atomic E-state index is 0.0837. The Bertz CT molecular complexity index is 553. The highest BCUT2D eigenvalue weighted by molar-refractivity contribution is 5.43. The van der Waals surface area contributed by atoms with Gasteiger partial charge in [-0.3, -0.25) is 0 Å². The maximum absolute atomic E-state index is 9.29. The van der Waals surface area contributed by atoms with Gasteiger partial charge in [0.15, 0.2) is 0 Å². The quantitative estimate of drug-likeness (QED) is 0.830. The molecular formula is C16H14O2. The summed E-state index contributed by atoms with van der Waals surface area (Å²) in [4.78, 5) is 0. The Morgan fingerprint density at radius 1 is 1.11 bits per heavy atom. The van der Waals surface area contributed by atoms with E-state index in [1.807, 2.05) is 30.3 Å². The first-order chi connectivity index (χ1) is 8.83. The van der Waals surface area contributed by atoms with Crippen molar-refractivity contribution in [1.82, 2.24) is 0 Å². The summed E-state index contributed by atoms with van der Waals surface area (Å²) in [5.41, 5.74) is 2.54. The van der Waals surface area contributed by atoms with Crippen LogP contribution in [-0.4, -0.2) is 5.11 Å². The second kappa shape index (κ2) is 5.90. The minimum atomic E-state index is -0.0837. The highest BCUT2D eigenvalue weighted by Crippen LogP contribution is 2.21. The van der Waals surface area contributed by atoms with Gasteiger partial charge in [0.2, 0.25) is 0 Å². The van der Waals surface area contributed by atoms with E-state index in [2.05, 4.69) is 5.92 Å². The highest BCUT2D eigenvalue weighted by Gasteiger charge is 2.04. The Hall–Kier alpha value is -2.24. The largest absolute Gasteiger partial charge is 0.489 e. The number of aliphatic hydroxyl groups is 1. The van der Waals surface area contributed by atoms with E-state index in [-0.39, 0.29) is 6.61 Å². The number of terminal acetylenes is 1. The van der Waals surface area contributed by atoms with Crippen LogP contribution in [0.4, 0.5) is 0 Å². The molecule has 0 aliphatic heterocycles. The Kier molecular flexibility index (Phi) is 4.01. The first-order valence-corrected chi connectivity index (χ1v) is 5.70. The summed E-state index contributed by atoms with van der Waals surface area (Å²) in [6.45, 7) is 0.392. The molecule has 0 spiro atoms. The van der Waals surface area contributed by atoms with E-state index in [9.17, 15) is 5.11 Å². The van der Waals surface area contributed by atoms with Crippen molar-refractivity contribution in [3.05, 3.63) is 65.2 Å². The van der Waals surface area contributed by atoms with Gasteiger partial charge in [0.1, 0.15) is 12.4 Å². The Labute approximate surface area is 107 Å². The molecule has 0 bridgehead atoms. The Morgan fingerprint density at radius 3 is 2.56 bits per heavy atom. The summed E-state index contributed by atoms with van der Waals surface area (Å²) in [7, 11) is 0. The third-order valence-electron chi connectivity index (χ3n) is 2.63. The van der Waals surface area contributed by atoms with Crippen molar-refractivity contribution in [2.24, 2.45) is 0 Å². The fourth-order valence-electron chi connectivity index (χ4n) is 1.67. The molecule has 2 aromatic carbocycles. The second-order valence-corrected chi connectivity index (χ2v) is 3.90. The monoisotopic (exact) mass is 238 g/mol. The third-order valence-corrected chi connectivity index (χ3v) is 2.63. The number of aliphatic hydroxyl groups excluding tert-OH is 1. The SMILES string of the molecule is C#Cc1ccc(OCc2ccccc2)c(CO)c1. The van der Waals surface area contributed by atoms with Crippen LogP contribution in [0.2, 0.25) is 0 Å². The molecule has 0 heterocycles. The molecule has 0 atom stereocenters. The summed E-state index contributed by atoms with van der Waals surface area (Å²) in [5, 5.41) is 9.29. The second-order valence-electron chi connectivity index (χ2n) is 3.90. The summed E-state index contributed by atoms with van der Waals surface area (Å²) in [6.07, 6.45) is 5.32. The van der Waals surface area contributed by atoms with Crippen molar-refractivity contribution in [1.29, 1.82) is 0 Å². The van der Waals surface area contributed by atoms with Crippen LogP contribution in [-0.2, 0) is 13.2 Å². The van der Waals surface area contributed by atoms with Gasteiger partial charge >= 0.3 is 0 Å². The molecule has 2 aromatic rings. The number of benzene rings is 2. The molecule has 0 aliphatic carbocycles. The van der Waals surface area contributed by atoms with Crippen LogP contribution in [0.5, 0.6) is 5.75 Å². The smallest absolute Gasteiger partial charge is 0.125 e. The van der Waals surface area contributed by atoms with Gasteiger partial charge in [0, 0.05) is 11.1 Å². The summed E-state index contributed by atoms with van der Waals surface area (Å²) < 4.78 is 5.68. The fraction of sp³-hybridized carbons (Fsp3) is 0.125. The van der Waals surface area contributed by atoms with Crippen LogP contribution in [0.1, 0.15) is 16.7 Å². The zero-order valence-corrected chi connectivity index (χ0v) is 9.97. The molecule has 0 aromatic heterocycles. The summed E-state index contributed by atoms with van der Waals surface area (Å²) in [5.74, 6) is 3.20. The van der Waals surface area contributed by atoms with Crippen LogP contribution in [0.25, 0.3) is 0 Å². The lowest BCUT2D eigenvalue weighted by atomic mass is 10.1. The molecule has 0 amide bonds. The molecule has 2 rings (SSSR count). The van der Waals surface area contributed by atoms with Crippen LogP contribution in [0.3, 0.4) is 0 Å². The minimum Gasteiger partial charge on any atom is -0.489 e. The lowest BCUT2D eigenvalue weighted by Crippen LogP contribution is -1.99. The zero-order chi connectivity index (χ0) is 12.8. The van der Waals surface area contributed by atoms with Gasteiger partial charge < -0.3 is 9.84 Å². The molecule has 2 nitrogen and oxygen atoms in total. The molecule has 0 radical (unpaired) electrons. The van der Waals surface area contributed by atoms with Gasteiger partial charge in [0.25, 0.3) is 0 Å². The van der Waals surface area contributed by atoms with Crippen molar-refractivity contribution < 1.29 is 9.84 Å². The molecule has 0 aliphatic rings. The lowest BCUT2D eigenvalue weighted by molar-refractivity contribution is 0.259. The normalized spacial score (nSPS) is 9.78. The van der Waals surface area contributed by atoms with Crippen molar-refractivity contribution in [2.45, 2.75) is 13.2 Å². The zero-order valence-electron chi connectivity index (χ0n) is 9.97. The van der Waals surface area contributed by atoms with Crippen LogP contribution in [0, 0.1) is 12.3 Å². The molecule has 90 valence electrons. The van der Waals surface area contributed by atoms with Crippen molar-refractivity contribution >= 4 is 0 Å². The van der Waals surface area contributed by atoms with Gasteiger partial charge in [-0.05, 0) is 23.8 Å². The maximum atomic E-state index is 9.29. The van der Waals surface area contributed by atoms with E-state index >= 15 is 0 Å². The van der Waals surface area contributed by atoms with Crippen LogP contribution in [0.15, 0.2) is 48.5 Å². The molecular weight excluding hydrogens is 224 g/mol. The predicted molar refractivity (Wildman–Crippen MR) is 71.1 cm³/mol. The lowest BCUT2D eigenvalue weighted by Gasteiger charge is -2.10. The van der Waals surface area contributed by atoms with E-state index < -0.39 is 0 Å². The van der Waals surface area contributed by atoms with Gasteiger partial charge in [0.05, 0.1) is 6.61 Å². The highest BCUT2D eigenvalue weighted by atomic mass is 16.5. The van der Waals surface area contributed by atoms with E-state index in [0.29, 0.717) is 17.9 Å². The number of hydrogen-bond acceptors (Lipinski definition) is 2. The molecule has 0 fully saturated rings. The average molecular weight is 238 g/mol. The summed E-state index contributed by atoms with van der Waals surface area (Å²) >= 11 is 0. The number of hydrogen-bond donors (Lipinski definition) is 1. The van der Waals surface area contributed by atoms with Crippen molar-refractivity contribution in [3.8, 4) is 18.1 Å². The molecule has 1 N–H and O–H groups in total. The Balaban J connectivity index is 2.12. The van der Waals surface area contributed by atoms with Crippen LogP contribution < -0.4 is 4.74 Å². The molecule has 2 heteroatoms. The number of rotatable bonds is 4. The van der Waals surface area contributed by atoms with Crippen molar-refractivity contribution in [3.63, 3.8) is 0 Å². The van der Waals surface area contributed by atoms with Gasteiger partial charge in [-0.25, -0.2) is 0 Å². The first-order valence-electron chi connectivity index (χ1n) is 5.70. The van der Waals surface area contributed by atoms with Crippen LogP contribution >= 0.6 is 0 Å².